The van der Waals surface area contributed by atoms with Gasteiger partial charge in [0.05, 0.1) is 16.1 Å². The summed E-state index contributed by atoms with van der Waals surface area (Å²) in [5.41, 5.74) is 6.40. The highest BCUT2D eigenvalue weighted by atomic mass is 16.6. The minimum absolute atomic E-state index is 0.141. The SMILES string of the molecule is O=[N+]([O-])c1ccc(N2CCN(c3c4c(nc5ccccc35)CCCC4)CC2)cc1. The molecule has 1 aromatic heterocycles. The molecule has 148 valence electrons. The monoisotopic (exact) mass is 388 g/mol. The lowest BCUT2D eigenvalue weighted by Gasteiger charge is -2.39. The molecular weight excluding hydrogens is 364 g/mol. The number of nitrogens with zero attached hydrogens (tertiary/aromatic N) is 4. The molecule has 6 heteroatoms. The Balaban J connectivity index is 1.42. The Hall–Kier alpha value is -3.15. The largest absolute Gasteiger partial charge is 0.368 e. The van der Waals surface area contributed by atoms with Crippen molar-refractivity contribution in [3.05, 3.63) is 69.9 Å². The van der Waals surface area contributed by atoms with Gasteiger partial charge in [-0.05, 0) is 49.4 Å². The van der Waals surface area contributed by atoms with Crippen LogP contribution in [0.3, 0.4) is 0 Å². The van der Waals surface area contributed by atoms with Crippen molar-refractivity contribution in [2.75, 3.05) is 36.0 Å². The molecule has 0 saturated carbocycles. The molecule has 2 aromatic carbocycles. The maximum absolute atomic E-state index is 10.9. The van der Waals surface area contributed by atoms with E-state index < -0.39 is 0 Å². The summed E-state index contributed by atoms with van der Waals surface area (Å²) in [6.07, 6.45) is 4.66. The zero-order valence-corrected chi connectivity index (χ0v) is 16.4. The number of non-ortho nitro benzene ring substituents is 1. The molecule has 0 atom stereocenters. The van der Waals surface area contributed by atoms with E-state index in [9.17, 15) is 10.1 Å². The van der Waals surface area contributed by atoms with Gasteiger partial charge in [-0.3, -0.25) is 15.1 Å². The number of piperazine rings is 1. The average molecular weight is 388 g/mol. The normalized spacial score (nSPS) is 16.7. The van der Waals surface area contributed by atoms with Crippen LogP contribution in [0.2, 0.25) is 0 Å². The van der Waals surface area contributed by atoms with Gasteiger partial charge in [0.25, 0.3) is 5.69 Å². The second kappa shape index (κ2) is 7.35. The molecule has 1 fully saturated rings. The fourth-order valence-electron chi connectivity index (χ4n) is 4.68. The number of hydrogen-bond acceptors (Lipinski definition) is 5. The van der Waals surface area contributed by atoms with Crippen molar-refractivity contribution in [2.45, 2.75) is 25.7 Å². The fourth-order valence-corrected chi connectivity index (χ4v) is 4.68. The second-order valence-corrected chi connectivity index (χ2v) is 7.86. The molecule has 1 aliphatic carbocycles. The summed E-state index contributed by atoms with van der Waals surface area (Å²) >= 11 is 0. The molecule has 6 nitrogen and oxygen atoms in total. The van der Waals surface area contributed by atoms with Gasteiger partial charge < -0.3 is 9.80 Å². The number of hydrogen-bond donors (Lipinski definition) is 0. The summed E-state index contributed by atoms with van der Waals surface area (Å²) in [6.45, 7) is 3.70. The summed E-state index contributed by atoms with van der Waals surface area (Å²) in [4.78, 5) is 20.3. The van der Waals surface area contributed by atoms with E-state index in [4.69, 9.17) is 4.98 Å². The summed E-state index contributed by atoms with van der Waals surface area (Å²) < 4.78 is 0. The first kappa shape index (κ1) is 17.9. The Morgan fingerprint density at radius 3 is 2.31 bits per heavy atom. The van der Waals surface area contributed by atoms with Gasteiger partial charge in [0, 0.05) is 55.1 Å². The average Bonchev–Trinajstić information content (AvgIpc) is 2.77. The predicted molar refractivity (Wildman–Crippen MR) is 116 cm³/mol. The number of pyridine rings is 1. The standard InChI is InChI=1S/C23H24N4O2/c28-27(29)18-11-9-17(10-12-18)25-13-15-26(16-14-25)23-19-5-1-3-7-21(19)24-22-8-4-2-6-20(22)23/h1,3,5,7,9-12H,2,4,6,8,13-16H2. The Bertz CT molecular complexity index is 1060. The highest BCUT2D eigenvalue weighted by molar-refractivity contribution is 5.94. The minimum atomic E-state index is -0.348. The van der Waals surface area contributed by atoms with Crippen molar-refractivity contribution in [3.63, 3.8) is 0 Å². The van der Waals surface area contributed by atoms with Gasteiger partial charge in [0.15, 0.2) is 0 Å². The van der Waals surface area contributed by atoms with Gasteiger partial charge in [-0.15, -0.1) is 0 Å². The number of nitro groups is 1. The van der Waals surface area contributed by atoms with Gasteiger partial charge in [-0.2, -0.15) is 0 Å². The van der Waals surface area contributed by atoms with Crippen LogP contribution in [-0.4, -0.2) is 36.1 Å². The molecule has 3 aromatic rings. The van der Waals surface area contributed by atoms with Crippen molar-refractivity contribution in [1.29, 1.82) is 0 Å². The molecule has 5 rings (SSSR count). The molecule has 1 aliphatic heterocycles. The van der Waals surface area contributed by atoms with Crippen LogP contribution < -0.4 is 9.80 Å². The molecule has 0 amide bonds. The highest BCUT2D eigenvalue weighted by Gasteiger charge is 2.25. The molecule has 0 N–H and O–H groups in total. The van der Waals surface area contributed by atoms with Crippen LogP contribution >= 0.6 is 0 Å². The zero-order valence-electron chi connectivity index (χ0n) is 16.4. The van der Waals surface area contributed by atoms with Crippen LogP contribution in [-0.2, 0) is 12.8 Å². The van der Waals surface area contributed by atoms with Crippen LogP contribution in [0, 0.1) is 10.1 Å². The third kappa shape index (κ3) is 3.28. The highest BCUT2D eigenvalue weighted by Crippen LogP contribution is 2.36. The van der Waals surface area contributed by atoms with E-state index in [0.29, 0.717) is 0 Å². The second-order valence-electron chi connectivity index (χ2n) is 7.86. The maximum atomic E-state index is 10.9. The summed E-state index contributed by atoms with van der Waals surface area (Å²) in [7, 11) is 0. The molecule has 0 bridgehead atoms. The van der Waals surface area contributed by atoms with Crippen molar-refractivity contribution in [2.24, 2.45) is 0 Å². The van der Waals surface area contributed by atoms with E-state index in [1.807, 2.05) is 12.1 Å². The third-order valence-electron chi connectivity index (χ3n) is 6.16. The number of nitro benzene ring substituents is 1. The lowest BCUT2D eigenvalue weighted by Crippen LogP contribution is -2.47. The number of rotatable bonds is 3. The van der Waals surface area contributed by atoms with Crippen molar-refractivity contribution in [3.8, 4) is 0 Å². The van der Waals surface area contributed by atoms with Gasteiger partial charge >= 0.3 is 0 Å². The first-order valence-electron chi connectivity index (χ1n) is 10.4. The first-order valence-corrected chi connectivity index (χ1v) is 10.4. The third-order valence-corrected chi connectivity index (χ3v) is 6.16. The lowest BCUT2D eigenvalue weighted by molar-refractivity contribution is -0.384. The van der Waals surface area contributed by atoms with E-state index in [1.54, 1.807) is 12.1 Å². The van der Waals surface area contributed by atoms with Crippen LogP contribution in [0.5, 0.6) is 0 Å². The molecule has 0 unspecified atom stereocenters. The first-order chi connectivity index (χ1) is 14.2. The van der Waals surface area contributed by atoms with Crippen LogP contribution in [0.15, 0.2) is 48.5 Å². The van der Waals surface area contributed by atoms with E-state index in [1.165, 1.54) is 35.2 Å². The van der Waals surface area contributed by atoms with E-state index >= 15 is 0 Å². The molecular formula is C23H24N4O2. The quantitative estimate of drug-likeness (QED) is 0.493. The molecule has 1 saturated heterocycles. The minimum Gasteiger partial charge on any atom is -0.368 e. The van der Waals surface area contributed by atoms with Crippen molar-refractivity contribution in [1.82, 2.24) is 4.98 Å². The number of fused-ring (bicyclic) bond motifs is 2. The fraction of sp³-hybridized carbons (Fsp3) is 0.348. The predicted octanol–water partition coefficient (Wildman–Crippen LogP) is 4.35. The molecule has 0 spiro atoms. The number of aromatic nitrogens is 1. The van der Waals surface area contributed by atoms with E-state index in [0.717, 1.165) is 50.2 Å². The molecule has 2 heterocycles. The zero-order chi connectivity index (χ0) is 19.8. The molecule has 0 radical (unpaired) electrons. The maximum Gasteiger partial charge on any atom is 0.269 e. The van der Waals surface area contributed by atoms with Gasteiger partial charge in [-0.1, -0.05) is 18.2 Å². The van der Waals surface area contributed by atoms with Crippen molar-refractivity contribution >= 4 is 28.0 Å². The van der Waals surface area contributed by atoms with Crippen LogP contribution in [0.1, 0.15) is 24.1 Å². The summed E-state index contributed by atoms with van der Waals surface area (Å²) in [5, 5.41) is 12.2. The van der Waals surface area contributed by atoms with E-state index in [-0.39, 0.29) is 10.6 Å². The Labute approximate surface area is 169 Å². The Kier molecular flexibility index (Phi) is 4.54. The summed E-state index contributed by atoms with van der Waals surface area (Å²) in [6, 6.07) is 15.4. The number of anilines is 2. The molecule has 29 heavy (non-hydrogen) atoms. The van der Waals surface area contributed by atoms with Crippen molar-refractivity contribution < 1.29 is 4.92 Å². The Morgan fingerprint density at radius 1 is 0.862 bits per heavy atom. The number of para-hydroxylation sites is 1. The van der Waals surface area contributed by atoms with Crippen LogP contribution in [0.4, 0.5) is 17.1 Å². The topological polar surface area (TPSA) is 62.5 Å². The smallest absolute Gasteiger partial charge is 0.269 e. The Morgan fingerprint density at radius 2 is 1.55 bits per heavy atom. The van der Waals surface area contributed by atoms with Gasteiger partial charge in [0.2, 0.25) is 0 Å². The van der Waals surface area contributed by atoms with Gasteiger partial charge in [-0.25, -0.2) is 0 Å². The summed E-state index contributed by atoms with van der Waals surface area (Å²) in [5.74, 6) is 0. The number of aryl methyl sites for hydroxylation is 1. The van der Waals surface area contributed by atoms with Crippen LogP contribution in [0.25, 0.3) is 10.9 Å². The van der Waals surface area contributed by atoms with Gasteiger partial charge in [0.1, 0.15) is 0 Å². The molecule has 2 aliphatic rings. The lowest BCUT2D eigenvalue weighted by atomic mass is 9.92. The van der Waals surface area contributed by atoms with E-state index in [2.05, 4.69) is 34.1 Å². The number of benzene rings is 2.